The van der Waals surface area contributed by atoms with Gasteiger partial charge in [0.05, 0.1) is 10.5 Å². The summed E-state index contributed by atoms with van der Waals surface area (Å²) in [4.78, 5) is 14.4. The number of amides is 1. The molecular weight excluding hydrogens is 575 g/mol. The number of piperidine rings is 1. The number of likely N-dealkylation sites (tertiary alicyclic amines) is 1. The highest BCUT2D eigenvalue weighted by molar-refractivity contribution is 7.89. The van der Waals surface area contributed by atoms with Crippen LogP contribution in [-0.2, 0) is 21.0 Å². The molecule has 222 valence electrons. The van der Waals surface area contributed by atoms with Crippen molar-refractivity contribution >= 4 is 21.5 Å². The van der Waals surface area contributed by atoms with Gasteiger partial charge in [-0.25, -0.2) is 17.2 Å². The number of sulfonamides is 1. The lowest BCUT2D eigenvalue weighted by Crippen LogP contribution is -2.49. The molecule has 0 aromatic heterocycles. The van der Waals surface area contributed by atoms with E-state index in [-0.39, 0.29) is 23.3 Å². The van der Waals surface area contributed by atoms with E-state index in [0.29, 0.717) is 61.5 Å². The van der Waals surface area contributed by atoms with E-state index in [1.54, 1.807) is 35.2 Å². The zero-order valence-electron chi connectivity index (χ0n) is 22.5. The van der Waals surface area contributed by atoms with Crippen LogP contribution >= 0.6 is 0 Å². The molecule has 2 fully saturated rings. The highest BCUT2D eigenvalue weighted by Crippen LogP contribution is 2.38. The molecule has 0 atom stereocenters. The first-order valence-corrected chi connectivity index (χ1v) is 15.1. The van der Waals surface area contributed by atoms with Crippen molar-refractivity contribution < 1.29 is 35.2 Å². The Morgan fingerprint density at radius 1 is 0.833 bits per heavy atom. The molecule has 0 radical (unpaired) electrons. The molecule has 1 heterocycles. The maximum absolute atomic E-state index is 13.5. The smallest absolute Gasteiger partial charge is 0.342 e. The molecule has 0 N–H and O–H groups in total. The average Bonchev–Trinajstić information content (AvgIpc) is 3.80. The normalized spacial score (nSPS) is 16.5. The Morgan fingerprint density at radius 3 is 1.86 bits per heavy atom. The van der Waals surface area contributed by atoms with Crippen molar-refractivity contribution in [3.8, 4) is 0 Å². The van der Waals surface area contributed by atoms with Crippen molar-refractivity contribution in [1.82, 2.24) is 9.21 Å². The summed E-state index contributed by atoms with van der Waals surface area (Å²) in [7, 11) is -4.18. The zero-order chi connectivity index (χ0) is 30.1. The van der Waals surface area contributed by atoms with Crippen LogP contribution in [0.1, 0.15) is 48.8 Å². The summed E-state index contributed by atoms with van der Waals surface area (Å²) in [6.45, 7) is 0.586. The Labute approximate surface area is 241 Å². The summed E-state index contributed by atoms with van der Waals surface area (Å²) in [6.07, 6.45) is -0.953. The van der Waals surface area contributed by atoms with E-state index in [2.05, 4.69) is 0 Å². The van der Waals surface area contributed by atoms with Gasteiger partial charge in [0.1, 0.15) is 11.6 Å². The first-order chi connectivity index (χ1) is 19.9. The maximum Gasteiger partial charge on any atom is 0.416 e. The van der Waals surface area contributed by atoms with Gasteiger partial charge in [-0.15, -0.1) is 0 Å². The lowest BCUT2D eigenvalue weighted by atomic mass is 9.96. The molecule has 0 spiro atoms. The molecule has 3 aromatic carbocycles. The second-order valence-electron chi connectivity index (χ2n) is 10.5. The SMILES string of the molecule is O=C(CC=C(c1ccc(F)cc1)c1ccc(F)cc1)N1CCC(N(C2CC2)S(=O)(=O)c2cccc(C(F)(F)F)c2)CC1. The molecule has 0 bridgehead atoms. The van der Waals surface area contributed by atoms with Crippen LogP contribution in [0.4, 0.5) is 22.0 Å². The minimum Gasteiger partial charge on any atom is -0.342 e. The molecule has 1 aliphatic heterocycles. The van der Waals surface area contributed by atoms with Crippen LogP contribution in [-0.4, -0.2) is 48.7 Å². The van der Waals surface area contributed by atoms with Gasteiger partial charge in [0.25, 0.3) is 0 Å². The molecule has 1 saturated carbocycles. The monoisotopic (exact) mass is 604 g/mol. The lowest BCUT2D eigenvalue weighted by molar-refractivity contribution is -0.137. The van der Waals surface area contributed by atoms with E-state index in [4.69, 9.17) is 0 Å². The topological polar surface area (TPSA) is 57.7 Å². The van der Waals surface area contributed by atoms with E-state index >= 15 is 0 Å². The molecule has 1 aliphatic carbocycles. The highest BCUT2D eigenvalue weighted by atomic mass is 32.2. The van der Waals surface area contributed by atoms with E-state index in [9.17, 15) is 35.2 Å². The van der Waals surface area contributed by atoms with Gasteiger partial charge in [0.2, 0.25) is 15.9 Å². The number of benzene rings is 3. The van der Waals surface area contributed by atoms with E-state index < -0.39 is 39.4 Å². The van der Waals surface area contributed by atoms with Gasteiger partial charge in [-0.1, -0.05) is 36.4 Å². The predicted molar refractivity (Wildman–Crippen MR) is 148 cm³/mol. The molecule has 42 heavy (non-hydrogen) atoms. The molecule has 11 heteroatoms. The van der Waals surface area contributed by atoms with E-state index in [1.165, 1.54) is 34.6 Å². The van der Waals surface area contributed by atoms with Gasteiger partial charge < -0.3 is 4.90 Å². The Kier molecular flexibility index (Phi) is 8.52. The van der Waals surface area contributed by atoms with Crippen LogP contribution in [0.3, 0.4) is 0 Å². The summed E-state index contributed by atoms with van der Waals surface area (Å²) in [5.74, 6) is -1.01. The average molecular weight is 605 g/mol. The third-order valence-electron chi connectivity index (χ3n) is 7.61. The first-order valence-electron chi connectivity index (χ1n) is 13.6. The Morgan fingerprint density at radius 2 is 1.36 bits per heavy atom. The van der Waals surface area contributed by atoms with Crippen molar-refractivity contribution in [3.63, 3.8) is 0 Å². The van der Waals surface area contributed by atoms with Crippen molar-refractivity contribution in [2.75, 3.05) is 13.1 Å². The third kappa shape index (κ3) is 6.73. The zero-order valence-corrected chi connectivity index (χ0v) is 23.3. The molecule has 1 saturated heterocycles. The van der Waals surface area contributed by atoms with Crippen molar-refractivity contribution in [2.45, 2.75) is 55.3 Å². The highest BCUT2D eigenvalue weighted by Gasteiger charge is 2.44. The van der Waals surface area contributed by atoms with Crippen molar-refractivity contribution in [3.05, 3.63) is 107 Å². The number of rotatable bonds is 8. The number of hydrogen-bond donors (Lipinski definition) is 0. The number of halogens is 5. The van der Waals surface area contributed by atoms with Gasteiger partial charge >= 0.3 is 6.18 Å². The number of carbonyl (C=O) groups is 1. The lowest BCUT2D eigenvalue weighted by Gasteiger charge is -2.38. The fraction of sp³-hybridized carbons (Fsp3) is 0.323. The Balaban J connectivity index is 1.29. The molecule has 5 nitrogen and oxygen atoms in total. The molecule has 1 amide bonds. The largest absolute Gasteiger partial charge is 0.416 e. The van der Waals surface area contributed by atoms with Crippen molar-refractivity contribution in [1.29, 1.82) is 0 Å². The minimum absolute atomic E-state index is 0.0175. The number of carbonyl (C=O) groups excluding carboxylic acids is 1. The third-order valence-corrected chi connectivity index (χ3v) is 9.61. The van der Waals surface area contributed by atoms with E-state index in [1.807, 2.05) is 0 Å². The first kappa shape index (κ1) is 29.9. The predicted octanol–water partition coefficient (Wildman–Crippen LogP) is 6.65. The second kappa shape index (κ2) is 12.0. The fourth-order valence-corrected chi connectivity index (χ4v) is 7.30. The Hall–Kier alpha value is -3.57. The van der Waals surface area contributed by atoms with Gasteiger partial charge in [-0.05, 0) is 84.8 Å². The van der Waals surface area contributed by atoms with Gasteiger partial charge in [0.15, 0.2) is 0 Å². The Bertz CT molecular complexity index is 1510. The van der Waals surface area contributed by atoms with Crippen molar-refractivity contribution in [2.24, 2.45) is 0 Å². The quantitative estimate of drug-likeness (QED) is 0.271. The number of nitrogens with zero attached hydrogens (tertiary/aromatic N) is 2. The summed E-state index contributed by atoms with van der Waals surface area (Å²) < 4.78 is 95.2. The second-order valence-corrected chi connectivity index (χ2v) is 12.4. The fourth-order valence-electron chi connectivity index (χ4n) is 5.32. The van der Waals surface area contributed by atoms with Crippen LogP contribution in [0.2, 0.25) is 0 Å². The van der Waals surface area contributed by atoms with Gasteiger partial charge in [-0.3, -0.25) is 4.79 Å². The van der Waals surface area contributed by atoms with Crippen LogP contribution in [0.15, 0.2) is 83.8 Å². The molecule has 3 aromatic rings. The summed E-state index contributed by atoms with van der Waals surface area (Å²) in [6, 6.07) is 14.6. The van der Waals surface area contributed by atoms with Crippen LogP contribution in [0.25, 0.3) is 5.57 Å². The van der Waals surface area contributed by atoms with E-state index in [0.717, 1.165) is 12.1 Å². The van der Waals surface area contributed by atoms with Gasteiger partial charge in [0, 0.05) is 31.6 Å². The van der Waals surface area contributed by atoms with Crippen LogP contribution in [0, 0.1) is 11.6 Å². The summed E-state index contributed by atoms with van der Waals surface area (Å²) >= 11 is 0. The van der Waals surface area contributed by atoms with Gasteiger partial charge in [-0.2, -0.15) is 17.5 Å². The van der Waals surface area contributed by atoms with Crippen LogP contribution in [0.5, 0.6) is 0 Å². The van der Waals surface area contributed by atoms with Crippen LogP contribution < -0.4 is 0 Å². The molecular formula is C31H29F5N2O3S. The standard InChI is InChI=1S/C31H29F5N2O3S/c32-24-8-4-21(5-9-24)29(22-6-10-25(33)11-7-22)14-15-30(39)37-18-16-27(17-19-37)38(26-12-13-26)42(40,41)28-3-1-2-23(20-28)31(34,35)36/h1-11,14,20,26-27H,12-13,15-19H2. The minimum atomic E-state index is -4.66. The molecule has 2 aliphatic rings. The molecule has 0 unspecified atom stereocenters. The summed E-state index contributed by atoms with van der Waals surface area (Å²) in [5, 5.41) is 0. The number of hydrogen-bond acceptors (Lipinski definition) is 3. The number of alkyl halides is 3. The molecule has 5 rings (SSSR count). The maximum atomic E-state index is 13.5. The summed E-state index contributed by atoms with van der Waals surface area (Å²) in [5.41, 5.74) is 0.947.